The van der Waals surface area contributed by atoms with Gasteiger partial charge < -0.3 is 14.2 Å². The minimum absolute atomic E-state index is 0.142. The van der Waals surface area contributed by atoms with Crippen LogP contribution in [0.2, 0.25) is 0 Å². The Labute approximate surface area is 169 Å². The van der Waals surface area contributed by atoms with Crippen molar-refractivity contribution in [2.75, 3.05) is 20.8 Å². The lowest BCUT2D eigenvalue weighted by molar-refractivity contribution is -0.123. The fraction of sp³-hybridized carbons (Fsp3) is 0.130. The topological polar surface area (TPSA) is 69.2 Å². The van der Waals surface area contributed by atoms with Gasteiger partial charge in [0.1, 0.15) is 17.2 Å². The van der Waals surface area contributed by atoms with Crippen molar-refractivity contribution in [2.45, 2.75) is 0 Å². The molecule has 0 radical (unpaired) electrons. The monoisotopic (exact) mass is 390 g/mol. The van der Waals surface area contributed by atoms with Gasteiger partial charge in [-0.25, -0.2) is 5.43 Å². The van der Waals surface area contributed by atoms with Crippen molar-refractivity contribution >= 4 is 12.1 Å². The SMILES string of the molecule is COc1ccc(OC)c(C=NNC(=O)COc2ccc(-c3ccccc3)cc2)c1. The first-order chi connectivity index (χ1) is 14.2. The van der Waals surface area contributed by atoms with Crippen LogP contribution in [0.3, 0.4) is 0 Å². The van der Waals surface area contributed by atoms with E-state index in [1.165, 1.54) is 6.21 Å². The normalized spacial score (nSPS) is 10.6. The molecule has 0 unspecified atom stereocenters. The molecule has 3 rings (SSSR count). The van der Waals surface area contributed by atoms with E-state index in [9.17, 15) is 4.79 Å². The van der Waals surface area contributed by atoms with Gasteiger partial charge in [0.25, 0.3) is 5.91 Å². The van der Waals surface area contributed by atoms with E-state index >= 15 is 0 Å². The van der Waals surface area contributed by atoms with Crippen LogP contribution in [0.4, 0.5) is 0 Å². The number of nitrogens with zero attached hydrogens (tertiary/aromatic N) is 1. The van der Waals surface area contributed by atoms with Crippen LogP contribution in [-0.4, -0.2) is 32.9 Å². The van der Waals surface area contributed by atoms with Crippen molar-refractivity contribution in [1.82, 2.24) is 5.43 Å². The van der Waals surface area contributed by atoms with Crippen LogP contribution in [-0.2, 0) is 4.79 Å². The number of hydrazone groups is 1. The summed E-state index contributed by atoms with van der Waals surface area (Å²) in [6.07, 6.45) is 1.49. The molecule has 0 heterocycles. The van der Waals surface area contributed by atoms with Crippen LogP contribution < -0.4 is 19.6 Å². The number of hydrogen-bond donors (Lipinski definition) is 1. The van der Waals surface area contributed by atoms with E-state index in [-0.39, 0.29) is 12.5 Å². The van der Waals surface area contributed by atoms with Gasteiger partial charge in [0.05, 0.1) is 20.4 Å². The van der Waals surface area contributed by atoms with E-state index in [4.69, 9.17) is 14.2 Å². The zero-order chi connectivity index (χ0) is 20.5. The predicted molar refractivity (Wildman–Crippen MR) is 113 cm³/mol. The van der Waals surface area contributed by atoms with Crippen LogP contribution in [0.5, 0.6) is 17.2 Å². The highest BCUT2D eigenvalue weighted by Crippen LogP contribution is 2.23. The summed E-state index contributed by atoms with van der Waals surface area (Å²) in [6.45, 7) is -0.142. The van der Waals surface area contributed by atoms with E-state index in [1.807, 2.05) is 54.6 Å². The van der Waals surface area contributed by atoms with Gasteiger partial charge in [-0.2, -0.15) is 5.10 Å². The molecular weight excluding hydrogens is 368 g/mol. The molecule has 0 saturated heterocycles. The zero-order valence-corrected chi connectivity index (χ0v) is 16.3. The maximum Gasteiger partial charge on any atom is 0.277 e. The maximum atomic E-state index is 12.0. The number of hydrogen-bond acceptors (Lipinski definition) is 5. The van der Waals surface area contributed by atoms with E-state index in [0.717, 1.165) is 11.1 Å². The summed E-state index contributed by atoms with van der Waals surface area (Å²) in [4.78, 5) is 12.0. The molecule has 0 aliphatic rings. The molecule has 0 atom stereocenters. The van der Waals surface area contributed by atoms with Crippen LogP contribution in [0.1, 0.15) is 5.56 Å². The van der Waals surface area contributed by atoms with Gasteiger partial charge in [-0.05, 0) is 41.5 Å². The van der Waals surface area contributed by atoms with Crippen LogP contribution >= 0.6 is 0 Å². The molecule has 1 amide bonds. The van der Waals surface area contributed by atoms with Crippen molar-refractivity contribution in [1.29, 1.82) is 0 Å². The summed E-state index contributed by atoms with van der Waals surface area (Å²) in [7, 11) is 3.14. The first kappa shape index (κ1) is 19.9. The summed E-state index contributed by atoms with van der Waals surface area (Å²) >= 11 is 0. The number of methoxy groups -OCH3 is 2. The Hall–Kier alpha value is -3.80. The Morgan fingerprint density at radius 3 is 2.28 bits per heavy atom. The quantitative estimate of drug-likeness (QED) is 0.468. The van der Waals surface area contributed by atoms with Crippen molar-refractivity contribution in [3.63, 3.8) is 0 Å². The van der Waals surface area contributed by atoms with Crippen molar-refractivity contribution in [2.24, 2.45) is 5.10 Å². The standard InChI is InChI=1S/C23H22N2O4/c1-27-21-12-13-22(28-2)19(14-21)15-24-25-23(26)16-29-20-10-8-18(9-11-20)17-6-4-3-5-7-17/h3-15H,16H2,1-2H3,(H,25,26). The van der Waals surface area contributed by atoms with Gasteiger partial charge in [-0.1, -0.05) is 42.5 Å². The number of carbonyl (C=O) groups is 1. The first-order valence-electron chi connectivity index (χ1n) is 9.02. The molecule has 3 aromatic rings. The molecule has 29 heavy (non-hydrogen) atoms. The van der Waals surface area contributed by atoms with Gasteiger partial charge in [0.2, 0.25) is 0 Å². The molecule has 0 aliphatic heterocycles. The summed E-state index contributed by atoms with van der Waals surface area (Å²) in [5, 5.41) is 3.95. The fourth-order valence-corrected chi connectivity index (χ4v) is 2.67. The summed E-state index contributed by atoms with van der Waals surface area (Å²) in [5.41, 5.74) is 5.33. The van der Waals surface area contributed by atoms with Gasteiger partial charge in [-0.15, -0.1) is 0 Å². The third-order valence-electron chi connectivity index (χ3n) is 4.16. The van der Waals surface area contributed by atoms with E-state index in [1.54, 1.807) is 32.4 Å². The first-order valence-corrected chi connectivity index (χ1v) is 9.02. The Bertz CT molecular complexity index is 970. The van der Waals surface area contributed by atoms with Crippen LogP contribution in [0.25, 0.3) is 11.1 Å². The summed E-state index contributed by atoms with van der Waals surface area (Å²) in [5.74, 6) is 1.54. The molecule has 6 heteroatoms. The third-order valence-corrected chi connectivity index (χ3v) is 4.16. The highest BCUT2D eigenvalue weighted by Gasteiger charge is 2.05. The molecule has 0 bridgehead atoms. The number of ether oxygens (including phenoxy) is 3. The second kappa shape index (κ2) is 9.94. The van der Waals surface area contributed by atoms with Crippen molar-refractivity contribution < 1.29 is 19.0 Å². The third kappa shape index (κ3) is 5.59. The number of rotatable bonds is 8. The molecule has 148 valence electrons. The van der Waals surface area contributed by atoms with E-state index < -0.39 is 0 Å². The highest BCUT2D eigenvalue weighted by molar-refractivity contribution is 5.86. The van der Waals surface area contributed by atoms with Gasteiger partial charge >= 0.3 is 0 Å². The molecule has 0 aliphatic carbocycles. The molecule has 0 fully saturated rings. The average molecular weight is 390 g/mol. The Morgan fingerprint density at radius 1 is 0.897 bits per heavy atom. The lowest BCUT2D eigenvalue weighted by Crippen LogP contribution is -2.24. The molecule has 1 N–H and O–H groups in total. The Kier molecular flexibility index (Phi) is 6.84. The van der Waals surface area contributed by atoms with Crippen molar-refractivity contribution in [3.05, 3.63) is 78.4 Å². The number of nitrogens with one attached hydrogen (secondary N) is 1. The minimum atomic E-state index is -0.366. The Balaban J connectivity index is 1.52. The fourth-order valence-electron chi connectivity index (χ4n) is 2.67. The maximum absolute atomic E-state index is 12.0. The lowest BCUT2D eigenvalue weighted by atomic mass is 10.1. The van der Waals surface area contributed by atoms with Crippen molar-refractivity contribution in [3.8, 4) is 28.4 Å². The highest BCUT2D eigenvalue weighted by atomic mass is 16.5. The van der Waals surface area contributed by atoms with E-state index in [2.05, 4.69) is 10.5 Å². The molecule has 3 aromatic carbocycles. The smallest absolute Gasteiger partial charge is 0.277 e. The van der Waals surface area contributed by atoms with Crippen LogP contribution in [0, 0.1) is 0 Å². The largest absolute Gasteiger partial charge is 0.497 e. The van der Waals surface area contributed by atoms with E-state index in [0.29, 0.717) is 22.8 Å². The second-order valence-electron chi connectivity index (χ2n) is 6.08. The number of carbonyl (C=O) groups excluding carboxylic acids is 1. The molecule has 0 saturated carbocycles. The molecular formula is C23H22N2O4. The molecule has 0 spiro atoms. The number of amides is 1. The van der Waals surface area contributed by atoms with Gasteiger partial charge in [0, 0.05) is 5.56 Å². The number of benzene rings is 3. The molecule has 6 nitrogen and oxygen atoms in total. The predicted octanol–water partition coefficient (Wildman–Crippen LogP) is 3.90. The minimum Gasteiger partial charge on any atom is -0.497 e. The molecule has 0 aromatic heterocycles. The average Bonchev–Trinajstić information content (AvgIpc) is 2.78. The summed E-state index contributed by atoms with van der Waals surface area (Å²) in [6, 6.07) is 22.9. The zero-order valence-electron chi connectivity index (χ0n) is 16.3. The summed E-state index contributed by atoms with van der Waals surface area (Å²) < 4.78 is 16.0. The van der Waals surface area contributed by atoms with Crippen LogP contribution in [0.15, 0.2) is 77.9 Å². The lowest BCUT2D eigenvalue weighted by Gasteiger charge is -2.08. The van der Waals surface area contributed by atoms with Gasteiger partial charge in [0.15, 0.2) is 6.61 Å². The second-order valence-corrected chi connectivity index (χ2v) is 6.08. The van der Waals surface area contributed by atoms with Gasteiger partial charge in [-0.3, -0.25) is 4.79 Å². The Morgan fingerprint density at radius 2 is 1.59 bits per heavy atom.